The zero-order valence-corrected chi connectivity index (χ0v) is 11.6. The Hall–Kier alpha value is -2.37. The number of nitrogens with zero attached hydrogens (tertiary/aromatic N) is 2. The van der Waals surface area contributed by atoms with Crippen molar-refractivity contribution in [2.45, 2.75) is 6.92 Å². The van der Waals surface area contributed by atoms with Gasteiger partial charge in [0.05, 0.1) is 18.4 Å². The quantitative estimate of drug-likeness (QED) is 0.295. The summed E-state index contributed by atoms with van der Waals surface area (Å²) >= 11 is 0. The van der Waals surface area contributed by atoms with Gasteiger partial charge in [-0.3, -0.25) is 0 Å². The molecule has 0 saturated heterocycles. The summed E-state index contributed by atoms with van der Waals surface area (Å²) in [6, 6.07) is 5.61. The number of rotatable bonds is 5. The van der Waals surface area contributed by atoms with Crippen LogP contribution < -0.4 is 0 Å². The lowest BCUT2D eigenvalue weighted by molar-refractivity contribution is -0.137. The standard InChI is InChI=1S/C14H17FN2O3/c1-4-20-14(19)11(9-16-17(2)3)13(18)10-7-5-6-8-12(10)15/h5-9,18H,4H2,1-3H3. The monoisotopic (exact) mass is 280 g/mol. The Morgan fingerprint density at radius 3 is 2.65 bits per heavy atom. The van der Waals surface area contributed by atoms with Crippen molar-refractivity contribution in [3.8, 4) is 0 Å². The van der Waals surface area contributed by atoms with Crippen LogP contribution >= 0.6 is 0 Å². The summed E-state index contributed by atoms with van der Waals surface area (Å²) in [5.41, 5.74) is -0.286. The maximum Gasteiger partial charge on any atom is 0.343 e. The predicted octanol–water partition coefficient (Wildman–Crippen LogP) is 2.21. The molecular formula is C14H17FN2O3. The van der Waals surface area contributed by atoms with Crippen LogP contribution in [-0.4, -0.2) is 43.0 Å². The van der Waals surface area contributed by atoms with Crippen LogP contribution in [-0.2, 0) is 9.53 Å². The van der Waals surface area contributed by atoms with Gasteiger partial charge in [-0.25, -0.2) is 9.18 Å². The highest BCUT2D eigenvalue weighted by molar-refractivity contribution is 6.14. The molecule has 0 amide bonds. The number of ether oxygens (including phenoxy) is 1. The van der Waals surface area contributed by atoms with E-state index in [0.717, 1.165) is 6.21 Å². The van der Waals surface area contributed by atoms with Crippen LogP contribution in [0.3, 0.4) is 0 Å². The first-order valence-corrected chi connectivity index (χ1v) is 6.04. The molecule has 5 nitrogen and oxygen atoms in total. The number of benzene rings is 1. The second-order valence-corrected chi connectivity index (χ2v) is 4.05. The van der Waals surface area contributed by atoms with Gasteiger partial charge in [-0.1, -0.05) is 12.1 Å². The summed E-state index contributed by atoms with van der Waals surface area (Å²) < 4.78 is 18.5. The van der Waals surface area contributed by atoms with E-state index in [1.54, 1.807) is 27.1 Å². The lowest BCUT2D eigenvalue weighted by Gasteiger charge is -2.09. The van der Waals surface area contributed by atoms with Gasteiger partial charge < -0.3 is 14.9 Å². The van der Waals surface area contributed by atoms with Crippen molar-refractivity contribution < 1.29 is 19.0 Å². The summed E-state index contributed by atoms with van der Waals surface area (Å²) in [5.74, 6) is -1.91. The van der Waals surface area contributed by atoms with E-state index in [0.29, 0.717) is 0 Å². The molecule has 0 aliphatic heterocycles. The molecule has 0 aliphatic carbocycles. The van der Waals surface area contributed by atoms with Crippen LogP contribution in [0.25, 0.3) is 5.76 Å². The molecule has 0 heterocycles. The SMILES string of the molecule is CCOC(=O)C(C=NN(C)C)=C(O)c1ccccc1F. The minimum absolute atomic E-state index is 0.0826. The number of halogens is 1. The highest BCUT2D eigenvalue weighted by Crippen LogP contribution is 2.19. The molecule has 1 rings (SSSR count). The molecule has 1 N–H and O–H groups in total. The summed E-state index contributed by atoms with van der Waals surface area (Å²) in [5, 5.41) is 15.4. The van der Waals surface area contributed by atoms with Crippen LogP contribution in [0.1, 0.15) is 12.5 Å². The van der Waals surface area contributed by atoms with E-state index < -0.39 is 17.5 Å². The first-order valence-electron chi connectivity index (χ1n) is 6.04. The summed E-state index contributed by atoms with van der Waals surface area (Å²) in [6.07, 6.45) is 1.14. The molecule has 0 bridgehead atoms. The number of carbonyl (C=O) groups excluding carboxylic acids is 1. The Balaban J connectivity index is 3.29. The lowest BCUT2D eigenvalue weighted by Crippen LogP contribution is -2.13. The topological polar surface area (TPSA) is 62.1 Å². The normalized spacial score (nSPS) is 12.2. The highest BCUT2D eigenvalue weighted by atomic mass is 19.1. The van der Waals surface area contributed by atoms with Crippen molar-refractivity contribution in [3.05, 3.63) is 41.2 Å². The fourth-order valence-electron chi connectivity index (χ4n) is 1.39. The van der Waals surface area contributed by atoms with Crippen molar-refractivity contribution in [2.75, 3.05) is 20.7 Å². The Labute approximate surface area is 117 Å². The molecule has 0 fully saturated rings. The summed E-state index contributed by atoms with van der Waals surface area (Å²) in [4.78, 5) is 11.8. The van der Waals surface area contributed by atoms with Crippen LogP contribution in [0.4, 0.5) is 4.39 Å². The van der Waals surface area contributed by atoms with Gasteiger partial charge in [-0.15, -0.1) is 0 Å². The molecule has 108 valence electrons. The second-order valence-electron chi connectivity index (χ2n) is 4.05. The van der Waals surface area contributed by atoms with Gasteiger partial charge in [0.15, 0.2) is 0 Å². The fourth-order valence-corrected chi connectivity index (χ4v) is 1.39. The molecule has 0 atom stereocenters. The minimum Gasteiger partial charge on any atom is -0.506 e. The zero-order chi connectivity index (χ0) is 15.1. The van der Waals surface area contributed by atoms with E-state index in [9.17, 15) is 14.3 Å². The molecule has 0 unspecified atom stereocenters. The molecule has 0 aromatic heterocycles. The van der Waals surface area contributed by atoms with Gasteiger partial charge in [-0.2, -0.15) is 5.10 Å². The highest BCUT2D eigenvalue weighted by Gasteiger charge is 2.18. The van der Waals surface area contributed by atoms with E-state index in [-0.39, 0.29) is 17.7 Å². The molecule has 20 heavy (non-hydrogen) atoms. The van der Waals surface area contributed by atoms with E-state index >= 15 is 0 Å². The number of hydrazone groups is 1. The molecule has 0 aliphatic rings. The van der Waals surface area contributed by atoms with Crippen molar-refractivity contribution in [1.82, 2.24) is 5.01 Å². The Bertz CT molecular complexity index is 539. The van der Waals surface area contributed by atoms with Gasteiger partial charge in [0.1, 0.15) is 17.1 Å². The third kappa shape index (κ3) is 4.08. The van der Waals surface area contributed by atoms with E-state index in [1.165, 1.54) is 23.2 Å². The Kier molecular flexibility index (Phi) is 5.71. The second kappa shape index (κ2) is 7.28. The van der Waals surface area contributed by atoms with Gasteiger partial charge >= 0.3 is 5.97 Å². The van der Waals surface area contributed by atoms with Crippen molar-refractivity contribution in [2.24, 2.45) is 5.10 Å². The van der Waals surface area contributed by atoms with Crippen molar-refractivity contribution >= 4 is 17.9 Å². The first kappa shape index (κ1) is 15.7. The Morgan fingerprint density at radius 2 is 2.10 bits per heavy atom. The number of esters is 1. The number of carbonyl (C=O) groups is 1. The molecule has 6 heteroatoms. The fraction of sp³-hybridized carbons (Fsp3) is 0.286. The average Bonchev–Trinajstić information content (AvgIpc) is 2.39. The van der Waals surface area contributed by atoms with Gasteiger partial charge in [0.2, 0.25) is 0 Å². The number of hydrogen-bond donors (Lipinski definition) is 1. The zero-order valence-electron chi connectivity index (χ0n) is 11.6. The van der Waals surface area contributed by atoms with Crippen LogP contribution in [0.15, 0.2) is 34.9 Å². The van der Waals surface area contributed by atoms with Gasteiger partial charge in [-0.05, 0) is 19.1 Å². The largest absolute Gasteiger partial charge is 0.506 e. The predicted molar refractivity (Wildman–Crippen MR) is 74.8 cm³/mol. The smallest absolute Gasteiger partial charge is 0.343 e. The maximum atomic E-state index is 13.6. The molecular weight excluding hydrogens is 263 g/mol. The number of hydrogen-bond acceptors (Lipinski definition) is 5. The summed E-state index contributed by atoms with van der Waals surface area (Å²) in [6.45, 7) is 1.78. The Morgan fingerprint density at radius 1 is 1.45 bits per heavy atom. The molecule has 0 saturated carbocycles. The minimum atomic E-state index is -0.765. The third-order valence-corrected chi connectivity index (χ3v) is 2.30. The number of aliphatic hydroxyl groups excluding tert-OH is 1. The molecule has 1 aromatic carbocycles. The van der Waals surface area contributed by atoms with Crippen LogP contribution in [0, 0.1) is 5.82 Å². The molecule has 0 spiro atoms. The average molecular weight is 280 g/mol. The van der Waals surface area contributed by atoms with Gasteiger partial charge in [0.25, 0.3) is 0 Å². The van der Waals surface area contributed by atoms with Crippen molar-refractivity contribution in [1.29, 1.82) is 0 Å². The van der Waals surface area contributed by atoms with E-state index in [2.05, 4.69) is 5.10 Å². The van der Waals surface area contributed by atoms with Crippen molar-refractivity contribution in [3.63, 3.8) is 0 Å². The maximum absolute atomic E-state index is 13.6. The summed E-state index contributed by atoms with van der Waals surface area (Å²) in [7, 11) is 3.30. The van der Waals surface area contributed by atoms with E-state index in [4.69, 9.17) is 4.74 Å². The molecule has 1 aromatic rings. The first-order chi connectivity index (χ1) is 9.47. The van der Waals surface area contributed by atoms with Crippen LogP contribution in [0.5, 0.6) is 0 Å². The van der Waals surface area contributed by atoms with Crippen LogP contribution in [0.2, 0.25) is 0 Å². The third-order valence-electron chi connectivity index (χ3n) is 2.30. The number of aliphatic hydroxyl groups is 1. The lowest BCUT2D eigenvalue weighted by atomic mass is 10.1. The molecule has 0 radical (unpaired) electrons. The van der Waals surface area contributed by atoms with Gasteiger partial charge in [0, 0.05) is 14.1 Å². The van der Waals surface area contributed by atoms with E-state index in [1.807, 2.05) is 0 Å².